The molecule has 8 heteroatoms. The van der Waals surface area contributed by atoms with Gasteiger partial charge in [-0.15, -0.1) is 0 Å². The molecule has 1 aliphatic heterocycles. The molecule has 1 aliphatic rings. The molecule has 1 saturated heterocycles. The van der Waals surface area contributed by atoms with Gasteiger partial charge in [0.1, 0.15) is 5.82 Å². The Balaban J connectivity index is 2.16. The second kappa shape index (κ2) is 6.49. The molecule has 20 heavy (non-hydrogen) atoms. The molecule has 1 atom stereocenters. The Hall–Kier alpha value is -1.93. The van der Waals surface area contributed by atoms with Crippen molar-refractivity contribution in [2.24, 2.45) is 5.84 Å². The summed E-state index contributed by atoms with van der Waals surface area (Å²) in [6, 6.07) is 3.07. The molecule has 8 nitrogen and oxygen atoms in total. The summed E-state index contributed by atoms with van der Waals surface area (Å²) in [4.78, 5) is 17.1. The molecule has 0 spiro atoms. The second-order valence-corrected chi connectivity index (χ2v) is 4.84. The Bertz CT molecular complexity index is 481. The van der Waals surface area contributed by atoms with Gasteiger partial charge in [0.25, 0.3) is 0 Å². The van der Waals surface area contributed by atoms with Crippen molar-refractivity contribution in [3.63, 3.8) is 0 Å². The van der Waals surface area contributed by atoms with E-state index in [1.54, 1.807) is 0 Å². The SMILES string of the molecule is CCN1CCCC(Nc2nc(NN)ccc2[N+](=O)[O-])C1. The predicted molar refractivity (Wildman–Crippen MR) is 77.5 cm³/mol. The van der Waals surface area contributed by atoms with Crippen molar-refractivity contribution in [3.05, 3.63) is 22.2 Å². The van der Waals surface area contributed by atoms with Crippen molar-refractivity contribution in [3.8, 4) is 0 Å². The summed E-state index contributed by atoms with van der Waals surface area (Å²) in [6.07, 6.45) is 2.06. The van der Waals surface area contributed by atoms with Crippen LogP contribution in [0.5, 0.6) is 0 Å². The number of hydrogen-bond donors (Lipinski definition) is 3. The zero-order valence-corrected chi connectivity index (χ0v) is 11.5. The van der Waals surface area contributed by atoms with Crippen molar-refractivity contribution in [2.75, 3.05) is 30.4 Å². The van der Waals surface area contributed by atoms with Crippen LogP contribution in [0, 0.1) is 10.1 Å². The molecular formula is C12H20N6O2. The highest BCUT2D eigenvalue weighted by Crippen LogP contribution is 2.25. The summed E-state index contributed by atoms with van der Waals surface area (Å²) in [7, 11) is 0. The average Bonchev–Trinajstić information content (AvgIpc) is 2.47. The van der Waals surface area contributed by atoms with Crippen molar-refractivity contribution >= 4 is 17.3 Å². The molecule has 0 radical (unpaired) electrons. The van der Waals surface area contributed by atoms with Crippen LogP contribution in [0.15, 0.2) is 12.1 Å². The maximum absolute atomic E-state index is 11.0. The van der Waals surface area contributed by atoms with Crippen LogP contribution in [-0.2, 0) is 0 Å². The van der Waals surface area contributed by atoms with Gasteiger partial charge in [0.05, 0.1) is 4.92 Å². The number of hydrazine groups is 1. The van der Waals surface area contributed by atoms with E-state index >= 15 is 0 Å². The van der Waals surface area contributed by atoms with Crippen LogP contribution in [0.2, 0.25) is 0 Å². The number of aromatic nitrogens is 1. The molecule has 4 N–H and O–H groups in total. The minimum absolute atomic E-state index is 0.0300. The molecule has 1 aromatic rings. The molecule has 0 aromatic carbocycles. The first kappa shape index (κ1) is 14.5. The van der Waals surface area contributed by atoms with Crippen molar-refractivity contribution < 1.29 is 4.92 Å². The number of likely N-dealkylation sites (tertiary alicyclic amines) is 1. The minimum Gasteiger partial charge on any atom is -0.360 e. The van der Waals surface area contributed by atoms with Crippen molar-refractivity contribution in [1.82, 2.24) is 9.88 Å². The lowest BCUT2D eigenvalue weighted by atomic mass is 10.1. The molecule has 0 saturated carbocycles. The van der Waals surface area contributed by atoms with Gasteiger partial charge in [0.15, 0.2) is 0 Å². The molecule has 110 valence electrons. The maximum Gasteiger partial charge on any atom is 0.311 e. The van der Waals surface area contributed by atoms with E-state index in [0.717, 1.165) is 32.5 Å². The van der Waals surface area contributed by atoms with E-state index in [1.807, 2.05) is 0 Å². The lowest BCUT2D eigenvalue weighted by Crippen LogP contribution is -2.42. The van der Waals surface area contributed by atoms with E-state index in [9.17, 15) is 10.1 Å². The third-order valence-electron chi connectivity index (χ3n) is 3.51. The van der Waals surface area contributed by atoms with Crippen LogP contribution in [0.1, 0.15) is 19.8 Å². The van der Waals surface area contributed by atoms with Crippen molar-refractivity contribution in [1.29, 1.82) is 0 Å². The van der Waals surface area contributed by atoms with E-state index in [2.05, 4.69) is 27.6 Å². The van der Waals surface area contributed by atoms with Gasteiger partial charge in [-0.05, 0) is 32.0 Å². The highest BCUT2D eigenvalue weighted by molar-refractivity contribution is 5.60. The number of likely N-dealkylation sites (N-methyl/N-ethyl adjacent to an activating group) is 1. The van der Waals surface area contributed by atoms with Gasteiger partial charge in [-0.3, -0.25) is 10.1 Å². The number of piperidine rings is 1. The number of hydrogen-bond acceptors (Lipinski definition) is 7. The average molecular weight is 280 g/mol. The third kappa shape index (κ3) is 3.34. The summed E-state index contributed by atoms with van der Waals surface area (Å²) in [5, 5.41) is 14.2. The Labute approximate surface area is 117 Å². The molecule has 1 aromatic heterocycles. The summed E-state index contributed by atoms with van der Waals surface area (Å²) in [5.74, 6) is 5.98. The number of nitrogens with one attached hydrogen (secondary N) is 2. The summed E-state index contributed by atoms with van der Waals surface area (Å²) in [5.41, 5.74) is 2.38. The number of nitrogens with two attached hydrogens (primary N) is 1. The fraction of sp³-hybridized carbons (Fsp3) is 0.583. The van der Waals surface area contributed by atoms with Crippen LogP contribution in [0.3, 0.4) is 0 Å². The summed E-state index contributed by atoms with van der Waals surface area (Å²) >= 11 is 0. The van der Waals surface area contributed by atoms with Crippen LogP contribution in [0.4, 0.5) is 17.3 Å². The van der Waals surface area contributed by atoms with Crippen LogP contribution in [-0.4, -0.2) is 40.5 Å². The first-order chi connectivity index (χ1) is 9.63. The first-order valence-electron chi connectivity index (χ1n) is 6.75. The van der Waals surface area contributed by atoms with Crippen LogP contribution >= 0.6 is 0 Å². The molecule has 0 bridgehead atoms. The fourth-order valence-electron chi connectivity index (χ4n) is 2.44. The largest absolute Gasteiger partial charge is 0.360 e. The van der Waals surface area contributed by atoms with E-state index < -0.39 is 4.92 Å². The minimum atomic E-state index is -0.434. The number of nitrogens with zero attached hydrogens (tertiary/aromatic N) is 3. The molecule has 2 rings (SSSR count). The van der Waals surface area contributed by atoms with Crippen LogP contribution < -0.4 is 16.6 Å². The molecule has 1 fully saturated rings. The number of pyridine rings is 1. The number of nitrogen functional groups attached to an aromatic ring is 1. The Morgan fingerprint density at radius 2 is 2.40 bits per heavy atom. The highest BCUT2D eigenvalue weighted by Gasteiger charge is 2.23. The maximum atomic E-state index is 11.0. The zero-order chi connectivity index (χ0) is 14.5. The van der Waals surface area contributed by atoms with E-state index in [0.29, 0.717) is 5.82 Å². The lowest BCUT2D eigenvalue weighted by Gasteiger charge is -2.32. The molecule has 0 amide bonds. The Kier molecular flexibility index (Phi) is 4.70. The second-order valence-electron chi connectivity index (χ2n) is 4.84. The zero-order valence-electron chi connectivity index (χ0n) is 11.5. The normalized spacial score (nSPS) is 19.6. The van der Waals surface area contributed by atoms with Gasteiger partial charge in [0, 0.05) is 18.7 Å². The predicted octanol–water partition coefficient (Wildman–Crippen LogP) is 1.17. The van der Waals surface area contributed by atoms with Gasteiger partial charge in [-0.2, -0.15) is 0 Å². The third-order valence-corrected chi connectivity index (χ3v) is 3.51. The fourth-order valence-corrected chi connectivity index (χ4v) is 2.44. The van der Waals surface area contributed by atoms with Crippen LogP contribution in [0.25, 0.3) is 0 Å². The topological polar surface area (TPSA) is 109 Å². The van der Waals surface area contributed by atoms with Gasteiger partial charge in [-0.1, -0.05) is 6.92 Å². The van der Waals surface area contributed by atoms with Crippen molar-refractivity contribution in [2.45, 2.75) is 25.8 Å². The first-order valence-corrected chi connectivity index (χ1v) is 6.75. The number of anilines is 2. The smallest absolute Gasteiger partial charge is 0.311 e. The Morgan fingerprint density at radius 3 is 3.05 bits per heavy atom. The van der Waals surface area contributed by atoms with E-state index in [-0.39, 0.29) is 17.5 Å². The monoisotopic (exact) mass is 280 g/mol. The molecule has 0 aliphatic carbocycles. The summed E-state index contributed by atoms with van der Waals surface area (Å²) in [6.45, 7) is 5.05. The van der Waals surface area contributed by atoms with Gasteiger partial charge in [-0.25, -0.2) is 10.8 Å². The standard InChI is InChI=1S/C12H20N6O2/c1-2-17-7-3-4-9(8-17)14-12-10(18(19)20)5-6-11(15-12)16-13/h5-6,9H,2-4,7-8,13H2,1H3,(H2,14,15,16). The molecule has 2 heterocycles. The Morgan fingerprint density at radius 1 is 1.60 bits per heavy atom. The molecule has 1 unspecified atom stereocenters. The number of rotatable bonds is 5. The van der Waals surface area contributed by atoms with E-state index in [4.69, 9.17) is 5.84 Å². The lowest BCUT2D eigenvalue weighted by molar-refractivity contribution is -0.384. The van der Waals surface area contributed by atoms with E-state index in [1.165, 1.54) is 12.1 Å². The molecular weight excluding hydrogens is 260 g/mol. The van der Waals surface area contributed by atoms with Gasteiger partial charge < -0.3 is 15.6 Å². The van der Waals surface area contributed by atoms with Gasteiger partial charge >= 0.3 is 5.69 Å². The summed E-state index contributed by atoms with van der Waals surface area (Å²) < 4.78 is 0. The number of nitro groups is 1. The quantitative estimate of drug-likeness (QED) is 0.422. The van der Waals surface area contributed by atoms with Gasteiger partial charge in [0.2, 0.25) is 5.82 Å². The highest BCUT2D eigenvalue weighted by atomic mass is 16.6.